The molecule has 1 aromatic carbocycles. The third-order valence-corrected chi connectivity index (χ3v) is 3.07. The van der Waals surface area contributed by atoms with E-state index in [9.17, 15) is 4.79 Å². The summed E-state index contributed by atoms with van der Waals surface area (Å²) in [4.78, 5) is 15.5. The zero-order valence-electron chi connectivity index (χ0n) is 12.4. The summed E-state index contributed by atoms with van der Waals surface area (Å²) in [6.07, 6.45) is 0. The minimum atomic E-state index is -0.543. The highest BCUT2D eigenvalue weighted by molar-refractivity contribution is 5.82. The molecule has 0 saturated heterocycles. The van der Waals surface area contributed by atoms with Crippen LogP contribution in [-0.2, 0) is 4.79 Å². The minimum Gasteiger partial charge on any atom is -0.368 e. The summed E-state index contributed by atoms with van der Waals surface area (Å²) < 4.78 is 0. The van der Waals surface area contributed by atoms with E-state index in [0.29, 0.717) is 17.3 Å². The highest BCUT2D eigenvalue weighted by Gasteiger charge is 2.11. The van der Waals surface area contributed by atoms with Crippen molar-refractivity contribution in [3.05, 3.63) is 42.0 Å². The van der Waals surface area contributed by atoms with Crippen LogP contribution in [0.25, 0.3) is 0 Å². The lowest BCUT2D eigenvalue weighted by atomic mass is 10.2. The molecular weight excluding hydrogens is 280 g/mol. The van der Waals surface area contributed by atoms with Gasteiger partial charge in [0.25, 0.3) is 0 Å². The molecule has 0 bridgehead atoms. The Balaban J connectivity index is 2.28. The first-order valence-electron chi connectivity index (χ1n) is 6.77. The van der Waals surface area contributed by atoms with E-state index in [1.165, 1.54) is 0 Å². The second-order valence-corrected chi connectivity index (χ2v) is 4.94. The van der Waals surface area contributed by atoms with Crippen molar-refractivity contribution in [1.29, 1.82) is 5.53 Å². The number of benzene rings is 1. The zero-order valence-corrected chi connectivity index (χ0v) is 12.4. The number of hydrogen-bond acceptors (Lipinski definition) is 6. The van der Waals surface area contributed by atoms with Gasteiger partial charge in [0.1, 0.15) is 17.5 Å². The fraction of sp³-hybridized carbons (Fsp3) is 0.200. The van der Waals surface area contributed by atoms with Crippen molar-refractivity contribution < 1.29 is 4.79 Å². The molecule has 0 aliphatic rings. The van der Waals surface area contributed by atoms with E-state index < -0.39 is 11.9 Å². The maximum Gasteiger partial charge on any atom is 0.239 e. The fourth-order valence-electron chi connectivity index (χ4n) is 1.87. The molecule has 22 heavy (non-hydrogen) atoms. The number of nitrogens with two attached hydrogens (primary N) is 1. The van der Waals surface area contributed by atoms with Gasteiger partial charge in [0.2, 0.25) is 5.91 Å². The van der Waals surface area contributed by atoms with Crippen molar-refractivity contribution in [2.45, 2.75) is 19.9 Å². The van der Waals surface area contributed by atoms with Crippen molar-refractivity contribution in [2.24, 2.45) is 10.8 Å². The maximum atomic E-state index is 11.1. The Hall–Kier alpha value is -2.96. The van der Waals surface area contributed by atoms with Crippen LogP contribution in [0.3, 0.4) is 0 Å². The molecule has 0 saturated carbocycles. The normalized spacial score (nSPS) is 11.5. The highest BCUT2D eigenvalue weighted by Crippen LogP contribution is 2.28. The summed E-state index contributed by atoms with van der Waals surface area (Å²) in [6.45, 7) is 3.64. The number of anilines is 3. The van der Waals surface area contributed by atoms with Gasteiger partial charge in [-0.1, -0.05) is 12.1 Å². The number of amides is 1. The maximum absolute atomic E-state index is 11.1. The molecule has 1 amide bonds. The van der Waals surface area contributed by atoms with E-state index in [-0.39, 0.29) is 0 Å². The molecule has 1 atom stereocenters. The summed E-state index contributed by atoms with van der Waals surface area (Å²) in [7, 11) is 0. The van der Waals surface area contributed by atoms with Crippen molar-refractivity contribution >= 4 is 28.9 Å². The second-order valence-electron chi connectivity index (χ2n) is 4.94. The number of aryl methyl sites for hydroxylation is 1. The van der Waals surface area contributed by atoms with Crippen LogP contribution in [-0.4, -0.2) is 16.9 Å². The summed E-state index contributed by atoms with van der Waals surface area (Å²) in [5.41, 5.74) is 14.8. The van der Waals surface area contributed by atoms with Crippen LogP contribution in [0.5, 0.6) is 0 Å². The van der Waals surface area contributed by atoms with Crippen LogP contribution >= 0.6 is 0 Å². The third kappa shape index (κ3) is 3.78. The number of carbonyl (C=O) groups excluding carboxylic acids is 1. The van der Waals surface area contributed by atoms with Crippen LogP contribution in [0.2, 0.25) is 0 Å². The van der Waals surface area contributed by atoms with Gasteiger partial charge in [0.15, 0.2) is 5.82 Å². The molecule has 114 valence electrons. The van der Waals surface area contributed by atoms with E-state index in [2.05, 4.69) is 20.7 Å². The van der Waals surface area contributed by atoms with Crippen molar-refractivity contribution in [3.63, 3.8) is 0 Å². The van der Waals surface area contributed by atoms with Crippen molar-refractivity contribution in [2.75, 3.05) is 10.6 Å². The molecular formula is C15H18N6O. The van der Waals surface area contributed by atoms with Crippen LogP contribution in [0.15, 0.2) is 41.5 Å². The Labute approximate surface area is 128 Å². The molecule has 7 heteroatoms. The highest BCUT2D eigenvalue weighted by atomic mass is 16.1. The number of carbonyl (C=O) groups is 1. The summed E-state index contributed by atoms with van der Waals surface area (Å²) in [6, 6.07) is 10.5. The number of aromatic nitrogens is 1. The number of pyridine rings is 1. The van der Waals surface area contributed by atoms with Gasteiger partial charge < -0.3 is 16.4 Å². The van der Waals surface area contributed by atoms with Crippen LogP contribution in [0.4, 0.5) is 23.0 Å². The lowest BCUT2D eigenvalue weighted by molar-refractivity contribution is -0.118. The van der Waals surface area contributed by atoms with E-state index in [4.69, 9.17) is 11.3 Å². The van der Waals surface area contributed by atoms with Gasteiger partial charge in [-0.2, -0.15) is 5.11 Å². The topological polar surface area (TPSA) is 116 Å². The average molecular weight is 298 g/mol. The number of nitrogens with one attached hydrogen (secondary N) is 3. The first-order chi connectivity index (χ1) is 10.5. The smallest absolute Gasteiger partial charge is 0.239 e. The van der Waals surface area contributed by atoms with Gasteiger partial charge in [-0.3, -0.25) is 4.79 Å². The Kier molecular flexibility index (Phi) is 4.67. The Morgan fingerprint density at radius 1 is 1.36 bits per heavy atom. The number of rotatable bonds is 6. The monoisotopic (exact) mass is 298 g/mol. The molecule has 0 spiro atoms. The molecule has 1 aromatic heterocycles. The Morgan fingerprint density at radius 2 is 2.14 bits per heavy atom. The molecule has 0 fully saturated rings. The number of hydrogen-bond donors (Lipinski definition) is 4. The Morgan fingerprint density at radius 3 is 2.77 bits per heavy atom. The van der Waals surface area contributed by atoms with Gasteiger partial charge >= 0.3 is 0 Å². The molecule has 0 aliphatic carbocycles. The zero-order chi connectivity index (χ0) is 16.1. The predicted molar refractivity (Wildman–Crippen MR) is 85.8 cm³/mol. The van der Waals surface area contributed by atoms with Crippen LogP contribution in [0, 0.1) is 12.5 Å². The summed E-state index contributed by atoms with van der Waals surface area (Å²) in [5.74, 6) is 0.445. The van der Waals surface area contributed by atoms with E-state index in [1.807, 2.05) is 31.2 Å². The molecule has 1 heterocycles. The van der Waals surface area contributed by atoms with Crippen LogP contribution < -0.4 is 16.4 Å². The second kappa shape index (κ2) is 6.66. The SMILES string of the molecule is Cc1cccc(Nc2nc(N[C@H](C)C(N)=O)ccc2N=N)c1. The van der Waals surface area contributed by atoms with Crippen molar-refractivity contribution in [3.8, 4) is 0 Å². The lowest BCUT2D eigenvalue weighted by Crippen LogP contribution is -2.32. The molecule has 5 N–H and O–H groups in total. The summed E-state index contributed by atoms with van der Waals surface area (Å²) in [5, 5.41) is 9.48. The van der Waals surface area contributed by atoms with Crippen molar-refractivity contribution in [1.82, 2.24) is 4.98 Å². The first-order valence-corrected chi connectivity index (χ1v) is 6.77. The Bertz CT molecular complexity index is 700. The lowest BCUT2D eigenvalue weighted by Gasteiger charge is -2.14. The summed E-state index contributed by atoms with van der Waals surface area (Å²) >= 11 is 0. The average Bonchev–Trinajstić information content (AvgIpc) is 2.47. The third-order valence-electron chi connectivity index (χ3n) is 3.07. The van der Waals surface area contributed by atoms with Gasteiger partial charge in [0, 0.05) is 5.69 Å². The molecule has 0 radical (unpaired) electrons. The fourth-order valence-corrected chi connectivity index (χ4v) is 1.87. The van der Waals surface area contributed by atoms with E-state index in [1.54, 1.807) is 19.1 Å². The molecule has 0 unspecified atom stereocenters. The minimum absolute atomic E-state index is 0.402. The molecule has 2 aromatic rings. The van der Waals surface area contributed by atoms with Gasteiger partial charge in [-0.25, -0.2) is 10.5 Å². The van der Waals surface area contributed by atoms with E-state index in [0.717, 1.165) is 11.3 Å². The largest absolute Gasteiger partial charge is 0.368 e. The number of nitrogens with zero attached hydrogens (tertiary/aromatic N) is 2. The predicted octanol–water partition coefficient (Wildman–Crippen LogP) is 3.08. The quantitative estimate of drug-likeness (QED) is 0.613. The molecule has 0 aliphatic heterocycles. The number of primary amides is 1. The van der Waals surface area contributed by atoms with E-state index >= 15 is 0 Å². The molecule has 2 rings (SSSR count). The van der Waals surface area contributed by atoms with Gasteiger partial charge in [0.05, 0.1) is 0 Å². The van der Waals surface area contributed by atoms with Crippen LogP contribution in [0.1, 0.15) is 12.5 Å². The van der Waals surface area contributed by atoms with Gasteiger partial charge in [-0.15, -0.1) is 0 Å². The van der Waals surface area contributed by atoms with Gasteiger partial charge in [-0.05, 0) is 43.7 Å². The molecule has 7 nitrogen and oxygen atoms in total. The first kappa shape index (κ1) is 15.4. The standard InChI is InChI=1S/C15H18N6O/c1-9-4-3-5-11(8-9)19-15-12(21-17)6-7-13(20-15)18-10(2)14(16)22/h3-8,10,17H,1-2H3,(H2,16,22)(H2,18,19,20)/t10-/m1/s1.